The summed E-state index contributed by atoms with van der Waals surface area (Å²) in [5.41, 5.74) is 0. The molecule has 1 aliphatic heterocycles. The Kier molecular flexibility index (Phi) is 3.61. The van der Waals surface area contributed by atoms with Crippen LogP contribution in [0.3, 0.4) is 0 Å². The molecule has 2 aromatic heterocycles. The molecule has 1 aliphatic carbocycles. The van der Waals surface area contributed by atoms with E-state index in [1.807, 2.05) is 4.68 Å². The molecule has 0 spiro atoms. The van der Waals surface area contributed by atoms with Crippen LogP contribution in [0.4, 0.5) is 0 Å². The topological polar surface area (TPSA) is 77.5 Å². The van der Waals surface area contributed by atoms with E-state index in [0.717, 1.165) is 57.2 Å². The Labute approximate surface area is 129 Å². The van der Waals surface area contributed by atoms with E-state index < -0.39 is 0 Å². The Balaban J connectivity index is 1.43. The molecule has 8 nitrogen and oxygen atoms in total. The van der Waals surface area contributed by atoms with Crippen molar-refractivity contribution in [3.8, 4) is 0 Å². The number of rotatable bonds is 6. The predicted octanol–water partition coefficient (Wildman–Crippen LogP) is 0.958. The third-order valence-electron chi connectivity index (χ3n) is 4.50. The largest absolute Gasteiger partial charge is 0.312 e. The van der Waals surface area contributed by atoms with Crippen molar-refractivity contribution >= 4 is 0 Å². The van der Waals surface area contributed by atoms with Crippen molar-refractivity contribution in [1.29, 1.82) is 0 Å². The van der Waals surface area contributed by atoms with E-state index in [1.165, 1.54) is 18.7 Å². The Morgan fingerprint density at radius 1 is 1.14 bits per heavy atom. The van der Waals surface area contributed by atoms with E-state index in [9.17, 15) is 0 Å². The van der Waals surface area contributed by atoms with Crippen LogP contribution in [0.1, 0.15) is 56.0 Å². The summed E-state index contributed by atoms with van der Waals surface area (Å²) in [5, 5.41) is 20.9. The molecule has 0 saturated heterocycles. The predicted molar refractivity (Wildman–Crippen MR) is 78.8 cm³/mol. The maximum atomic E-state index is 4.39. The molecule has 0 atom stereocenters. The maximum Gasteiger partial charge on any atom is 0.165 e. The van der Waals surface area contributed by atoms with Crippen molar-refractivity contribution < 1.29 is 0 Å². The fourth-order valence-corrected chi connectivity index (χ4v) is 3.03. The van der Waals surface area contributed by atoms with Gasteiger partial charge in [-0.15, -0.1) is 15.3 Å². The van der Waals surface area contributed by atoms with E-state index in [-0.39, 0.29) is 0 Å². The Bertz CT molecular complexity index is 641. The van der Waals surface area contributed by atoms with Crippen LogP contribution in [-0.2, 0) is 26.2 Å². The van der Waals surface area contributed by atoms with Gasteiger partial charge in [0.1, 0.15) is 11.6 Å². The van der Waals surface area contributed by atoms with Crippen LogP contribution in [0.15, 0.2) is 0 Å². The van der Waals surface area contributed by atoms with E-state index in [2.05, 4.69) is 42.1 Å². The normalized spacial score (nSPS) is 18.6. The Morgan fingerprint density at radius 3 is 2.86 bits per heavy atom. The van der Waals surface area contributed by atoms with Gasteiger partial charge in [-0.25, -0.2) is 4.68 Å². The first-order valence-electron chi connectivity index (χ1n) is 8.24. The molecule has 2 aromatic rings. The van der Waals surface area contributed by atoms with E-state index in [1.54, 1.807) is 0 Å². The zero-order valence-electron chi connectivity index (χ0n) is 13.0. The highest BCUT2D eigenvalue weighted by Crippen LogP contribution is 2.39. The van der Waals surface area contributed by atoms with Gasteiger partial charge in [0.25, 0.3) is 0 Å². The van der Waals surface area contributed by atoms with Crippen molar-refractivity contribution in [3.05, 3.63) is 17.5 Å². The highest BCUT2D eigenvalue weighted by molar-refractivity contribution is 5.09. The second-order valence-electron chi connectivity index (χ2n) is 6.28. The standard InChI is InChI=1S/C14H22N8/c1-2-3-6-22-13(16-18-19-22)10-20-7-8-21-12(9-20)15-17-14(21)11-4-5-11/h11H,2-10H2,1H3. The number of aryl methyl sites for hydroxylation is 1. The number of nitrogens with zero attached hydrogens (tertiary/aromatic N) is 8. The summed E-state index contributed by atoms with van der Waals surface area (Å²) in [6.45, 7) is 6.67. The lowest BCUT2D eigenvalue weighted by Crippen LogP contribution is -2.34. The van der Waals surface area contributed by atoms with E-state index in [0.29, 0.717) is 5.92 Å². The lowest BCUT2D eigenvalue weighted by molar-refractivity contribution is 0.198. The van der Waals surface area contributed by atoms with E-state index in [4.69, 9.17) is 0 Å². The highest BCUT2D eigenvalue weighted by Gasteiger charge is 2.32. The minimum Gasteiger partial charge on any atom is -0.312 e. The molecule has 2 aliphatic rings. The van der Waals surface area contributed by atoms with Gasteiger partial charge in [0.05, 0.1) is 13.1 Å². The molecule has 22 heavy (non-hydrogen) atoms. The first kappa shape index (κ1) is 13.8. The summed E-state index contributed by atoms with van der Waals surface area (Å²) in [6, 6.07) is 0. The molecule has 0 bridgehead atoms. The molecule has 1 saturated carbocycles. The number of aromatic nitrogens is 7. The third kappa shape index (κ3) is 2.63. The summed E-state index contributed by atoms with van der Waals surface area (Å²) in [7, 11) is 0. The van der Waals surface area contributed by atoms with Gasteiger partial charge in [0.15, 0.2) is 5.82 Å². The molecular formula is C14H22N8. The third-order valence-corrected chi connectivity index (χ3v) is 4.50. The molecule has 0 radical (unpaired) electrons. The van der Waals surface area contributed by atoms with Gasteiger partial charge in [0.2, 0.25) is 0 Å². The lowest BCUT2D eigenvalue weighted by atomic mass is 10.3. The van der Waals surface area contributed by atoms with Crippen LogP contribution in [0, 0.1) is 0 Å². The first-order chi connectivity index (χ1) is 10.8. The van der Waals surface area contributed by atoms with Gasteiger partial charge < -0.3 is 4.57 Å². The van der Waals surface area contributed by atoms with Gasteiger partial charge in [-0.1, -0.05) is 13.3 Å². The summed E-state index contributed by atoms with van der Waals surface area (Å²) >= 11 is 0. The van der Waals surface area contributed by atoms with Crippen molar-refractivity contribution in [2.75, 3.05) is 6.54 Å². The van der Waals surface area contributed by atoms with Crippen molar-refractivity contribution in [3.63, 3.8) is 0 Å². The van der Waals surface area contributed by atoms with Crippen LogP contribution < -0.4 is 0 Å². The average molecular weight is 302 g/mol. The molecule has 0 amide bonds. The van der Waals surface area contributed by atoms with Gasteiger partial charge >= 0.3 is 0 Å². The SMILES string of the molecule is CCCCn1nnnc1CN1CCn2c(nnc2C2CC2)C1. The molecule has 0 unspecified atom stereocenters. The van der Waals surface area contributed by atoms with Crippen molar-refractivity contribution in [2.24, 2.45) is 0 Å². The Morgan fingerprint density at radius 2 is 2.05 bits per heavy atom. The number of tetrazole rings is 1. The molecule has 3 heterocycles. The Hall–Kier alpha value is -1.83. The highest BCUT2D eigenvalue weighted by atomic mass is 15.5. The van der Waals surface area contributed by atoms with Gasteiger partial charge in [-0.3, -0.25) is 4.90 Å². The monoisotopic (exact) mass is 302 g/mol. The molecule has 0 aromatic carbocycles. The van der Waals surface area contributed by atoms with Crippen molar-refractivity contribution in [2.45, 2.75) is 64.7 Å². The average Bonchev–Trinajstić information content (AvgIpc) is 3.14. The zero-order chi connectivity index (χ0) is 14.9. The van der Waals surface area contributed by atoms with Gasteiger partial charge in [-0.05, 0) is 29.7 Å². The number of hydrogen-bond acceptors (Lipinski definition) is 6. The van der Waals surface area contributed by atoms with E-state index >= 15 is 0 Å². The van der Waals surface area contributed by atoms with Crippen LogP contribution >= 0.6 is 0 Å². The minimum absolute atomic E-state index is 0.661. The molecule has 0 N–H and O–H groups in total. The van der Waals surface area contributed by atoms with Crippen LogP contribution in [-0.4, -0.2) is 46.4 Å². The first-order valence-corrected chi connectivity index (χ1v) is 8.24. The van der Waals surface area contributed by atoms with Crippen molar-refractivity contribution in [1.82, 2.24) is 39.9 Å². The minimum atomic E-state index is 0.661. The van der Waals surface area contributed by atoms with Gasteiger partial charge in [-0.2, -0.15) is 0 Å². The number of unbranched alkanes of at least 4 members (excludes halogenated alkanes) is 1. The smallest absolute Gasteiger partial charge is 0.165 e. The molecular weight excluding hydrogens is 280 g/mol. The van der Waals surface area contributed by atoms with Crippen LogP contribution in [0.25, 0.3) is 0 Å². The second kappa shape index (κ2) is 5.75. The summed E-state index contributed by atoms with van der Waals surface area (Å²) in [5.74, 6) is 3.89. The molecule has 4 rings (SSSR count). The fraction of sp³-hybridized carbons (Fsp3) is 0.786. The summed E-state index contributed by atoms with van der Waals surface area (Å²) in [4.78, 5) is 2.36. The summed E-state index contributed by atoms with van der Waals surface area (Å²) in [6.07, 6.45) is 4.80. The fourth-order valence-electron chi connectivity index (χ4n) is 3.03. The van der Waals surface area contributed by atoms with Crippen LogP contribution in [0.2, 0.25) is 0 Å². The number of hydrogen-bond donors (Lipinski definition) is 0. The van der Waals surface area contributed by atoms with Gasteiger partial charge in [0, 0.05) is 25.6 Å². The summed E-state index contributed by atoms with van der Waals surface area (Å²) < 4.78 is 4.24. The molecule has 118 valence electrons. The second-order valence-corrected chi connectivity index (χ2v) is 6.28. The van der Waals surface area contributed by atoms with Crippen LogP contribution in [0.5, 0.6) is 0 Å². The maximum absolute atomic E-state index is 4.39. The lowest BCUT2D eigenvalue weighted by Gasteiger charge is -2.27. The molecule has 8 heteroatoms. The zero-order valence-corrected chi connectivity index (χ0v) is 13.0. The molecule has 1 fully saturated rings. The quantitative estimate of drug-likeness (QED) is 0.791. The number of fused-ring (bicyclic) bond motifs is 1.